The SMILES string of the molecule is O=C(O)CNC(=O)c1cccc(NC(=O)C2CCCO2)c1. The highest BCUT2D eigenvalue weighted by atomic mass is 16.5. The first-order valence-electron chi connectivity index (χ1n) is 6.59. The van der Waals surface area contributed by atoms with Gasteiger partial charge in [-0.2, -0.15) is 0 Å². The summed E-state index contributed by atoms with van der Waals surface area (Å²) in [6, 6.07) is 6.30. The Bertz CT molecular complexity index is 552. The number of carbonyl (C=O) groups excluding carboxylic acids is 2. The molecule has 0 aromatic heterocycles. The average Bonchev–Trinajstić information content (AvgIpc) is 2.99. The molecular weight excluding hydrogens is 276 g/mol. The van der Waals surface area contributed by atoms with Crippen LogP contribution in [0.25, 0.3) is 0 Å². The summed E-state index contributed by atoms with van der Waals surface area (Å²) in [6.45, 7) is 0.126. The summed E-state index contributed by atoms with van der Waals surface area (Å²) in [5.74, 6) is -1.87. The summed E-state index contributed by atoms with van der Waals surface area (Å²) in [6.07, 6.45) is 1.09. The van der Waals surface area contributed by atoms with Gasteiger partial charge in [-0.05, 0) is 31.0 Å². The van der Waals surface area contributed by atoms with E-state index in [-0.39, 0.29) is 11.5 Å². The predicted octanol–water partition coefficient (Wildman–Crippen LogP) is 0.618. The van der Waals surface area contributed by atoms with Crippen LogP contribution in [0.15, 0.2) is 24.3 Å². The number of hydrogen-bond donors (Lipinski definition) is 3. The molecule has 0 saturated carbocycles. The molecule has 112 valence electrons. The van der Waals surface area contributed by atoms with Crippen LogP contribution in [0.3, 0.4) is 0 Å². The van der Waals surface area contributed by atoms with Crippen molar-refractivity contribution in [2.24, 2.45) is 0 Å². The van der Waals surface area contributed by atoms with Gasteiger partial charge in [-0.25, -0.2) is 0 Å². The Morgan fingerprint density at radius 3 is 2.81 bits per heavy atom. The number of ether oxygens (including phenoxy) is 1. The second-order valence-corrected chi connectivity index (χ2v) is 4.65. The molecule has 1 atom stereocenters. The first-order valence-corrected chi connectivity index (χ1v) is 6.59. The number of carboxylic acid groups (broad SMARTS) is 1. The van der Waals surface area contributed by atoms with Gasteiger partial charge in [0, 0.05) is 17.9 Å². The summed E-state index contributed by atoms with van der Waals surface area (Å²) in [7, 11) is 0. The lowest BCUT2D eigenvalue weighted by atomic mass is 10.1. The Morgan fingerprint density at radius 2 is 2.14 bits per heavy atom. The third kappa shape index (κ3) is 4.28. The lowest BCUT2D eigenvalue weighted by Crippen LogP contribution is -2.29. The molecule has 1 unspecified atom stereocenters. The van der Waals surface area contributed by atoms with Crippen LogP contribution >= 0.6 is 0 Å². The van der Waals surface area contributed by atoms with Gasteiger partial charge >= 0.3 is 5.97 Å². The van der Waals surface area contributed by atoms with E-state index in [0.29, 0.717) is 18.7 Å². The molecular formula is C14H16N2O5. The van der Waals surface area contributed by atoms with Crippen molar-refractivity contribution in [1.82, 2.24) is 5.32 Å². The molecule has 2 amide bonds. The molecule has 0 spiro atoms. The lowest BCUT2D eigenvalue weighted by molar-refractivity contribution is -0.135. The molecule has 0 aliphatic carbocycles. The maximum atomic E-state index is 11.9. The van der Waals surface area contributed by atoms with E-state index < -0.39 is 24.5 Å². The largest absolute Gasteiger partial charge is 0.480 e. The molecule has 0 radical (unpaired) electrons. The number of aliphatic carboxylic acids is 1. The van der Waals surface area contributed by atoms with E-state index in [1.807, 2.05) is 0 Å². The molecule has 1 aliphatic rings. The molecule has 1 aliphatic heterocycles. The minimum absolute atomic E-state index is 0.240. The molecule has 3 N–H and O–H groups in total. The van der Waals surface area contributed by atoms with Crippen molar-refractivity contribution in [3.05, 3.63) is 29.8 Å². The van der Waals surface area contributed by atoms with E-state index in [1.54, 1.807) is 18.2 Å². The molecule has 21 heavy (non-hydrogen) atoms. The van der Waals surface area contributed by atoms with Crippen LogP contribution in [-0.4, -0.2) is 42.1 Å². The number of hydrogen-bond acceptors (Lipinski definition) is 4. The second-order valence-electron chi connectivity index (χ2n) is 4.65. The van der Waals surface area contributed by atoms with E-state index in [1.165, 1.54) is 6.07 Å². The first kappa shape index (κ1) is 15.0. The molecule has 7 heteroatoms. The fourth-order valence-electron chi connectivity index (χ4n) is 2.00. The normalized spacial score (nSPS) is 17.2. The van der Waals surface area contributed by atoms with Gasteiger partial charge < -0.3 is 20.5 Å². The number of benzene rings is 1. The lowest BCUT2D eigenvalue weighted by Gasteiger charge is -2.11. The van der Waals surface area contributed by atoms with Gasteiger partial charge in [0.1, 0.15) is 12.6 Å². The molecule has 7 nitrogen and oxygen atoms in total. The quantitative estimate of drug-likeness (QED) is 0.738. The number of rotatable bonds is 5. The summed E-state index contributed by atoms with van der Waals surface area (Å²) in [5, 5.41) is 13.5. The summed E-state index contributed by atoms with van der Waals surface area (Å²) in [4.78, 5) is 34.0. The molecule has 2 rings (SSSR count). The van der Waals surface area contributed by atoms with E-state index in [0.717, 1.165) is 6.42 Å². The van der Waals surface area contributed by atoms with Crippen LogP contribution < -0.4 is 10.6 Å². The Balaban J connectivity index is 1.98. The van der Waals surface area contributed by atoms with Gasteiger partial charge in [-0.3, -0.25) is 14.4 Å². The number of anilines is 1. The second kappa shape index (κ2) is 6.85. The standard InChI is InChI=1S/C14H16N2O5/c17-12(18)8-15-13(19)9-3-1-4-10(7-9)16-14(20)11-5-2-6-21-11/h1,3-4,7,11H,2,5-6,8H2,(H,15,19)(H,16,20)(H,17,18). The van der Waals surface area contributed by atoms with Crippen LogP contribution in [0, 0.1) is 0 Å². The summed E-state index contributed by atoms with van der Waals surface area (Å²) < 4.78 is 5.27. The molecule has 1 aromatic rings. The van der Waals surface area contributed by atoms with Gasteiger partial charge in [0.05, 0.1) is 0 Å². The fraction of sp³-hybridized carbons (Fsp3) is 0.357. The average molecular weight is 292 g/mol. The zero-order valence-corrected chi connectivity index (χ0v) is 11.3. The van der Waals surface area contributed by atoms with Gasteiger partial charge in [0.25, 0.3) is 11.8 Å². The van der Waals surface area contributed by atoms with Crippen LogP contribution in [0.2, 0.25) is 0 Å². The molecule has 0 bridgehead atoms. The fourth-order valence-corrected chi connectivity index (χ4v) is 2.00. The minimum Gasteiger partial charge on any atom is -0.480 e. The highest BCUT2D eigenvalue weighted by Gasteiger charge is 2.23. The predicted molar refractivity (Wildman–Crippen MR) is 74.0 cm³/mol. The Labute approximate surface area is 121 Å². The van der Waals surface area contributed by atoms with Crippen molar-refractivity contribution in [2.45, 2.75) is 18.9 Å². The maximum absolute atomic E-state index is 11.9. The maximum Gasteiger partial charge on any atom is 0.322 e. The summed E-state index contributed by atoms with van der Waals surface area (Å²) in [5.41, 5.74) is 0.750. The first-order chi connectivity index (χ1) is 10.1. The van der Waals surface area contributed by atoms with E-state index >= 15 is 0 Å². The number of carbonyl (C=O) groups is 3. The molecule has 1 saturated heterocycles. The zero-order valence-electron chi connectivity index (χ0n) is 11.3. The van der Waals surface area contributed by atoms with Crippen molar-refractivity contribution in [3.63, 3.8) is 0 Å². The number of amides is 2. The van der Waals surface area contributed by atoms with Crippen molar-refractivity contribution in [1.29, 1.82) is 0 Å². The van der Waals surface area contributed by atoms with Crippen LogP contribution in [0.4, 0.5) is 5.69 Å². The minimum atomic E-state index is -1.12. The monoisotopic (exact) mass is 292 g/mol. The summed E-state index contributed by atoms with van der Waals surface area (Å²) >= 11 is 0. The third-order valence-electron chi connectivity index (χ3n) is 3.01. The topological polar surface area (TPSA) is 105 Å². The van der Waals surface area contributed by atoms with Gasteiger partial charge in [-0.15, -0.1) is 0 Å². The van der Waals surface area contributed by atoms with E-state index in [9.17, 15) is 14.4 Å². The van der Waals surface area contributed by atoms with E-state index in [2.05, 4.69) is 10.6 Å². The van der Waals surface area contributed by atoms with Gasteiger partial charge in [-0.1, -0.05) is 6.07 Å². The zero-order chi connectivity index (χ0) is 15.2. The number of nitrogens with one attached hydrogen (secondary N) is 2. The molecule has 1 aromatic carbocycles. The Hall–Kier alpha value is -2.41. The molecule has 1 heterocycles. The third-order valence-corrected chi connectivity index (χ3v) is 3.01. The van der Waals surface area contributed by atoms with Crippen LogP contribution in [0.5, 0.6) is 0 Å². The number of carboxylic acids is 1. The van der Waals surface area contributed by atoms with Crippen LogP contribution in [-0.2, 0) is 14.3 Å². The smallest absolute Gasteiger partial charge is 0.322 e. The van der Waals surface area contributed by atoms with Gasteiger partial charge in [0.15, 0.2) is 0 Å². The van der Waals surface area contributed by atoms with E-state index in [4.69, 9.17) is 9.84 Å². The Kier molecular flexibility index (Phi) is 4.89. The Morgan fingerprint density at radius 1 is 1.33 bits per heavy atom. The molecule has 1 fully saturated rings. The van der Waals surface area contributed by atoms with Crippen molar-refractivity contribution in [2.75, 3.05) is 18.5 Å². The highest BCUT2D eigenvalue weighted by molar-refractivity contribution is 5.99. The van der Waals surface area contributed by atoms with Crippen LogP contribution in [0.1, 0.15) is 23.2 Å². The van der Waals surface area contributed by atoms with Crippen molar-refractivity contribution in [3.8, 4) is 0 Å². The van der Waals surface area contributed by atoms with Crippen molar-refractivity contribution < 1.29 is 24.2 Å². The van der Waals surface area contributed by atoms with Gasteiger partial charge in [0.2, 0.25) is 0 Å². The van der Waals surface area contributed by atoms with Crippen molar-refractivity contribution >= 4 is 23.5 Å². The highest BCUT2D eigenvalue weighted by Crippen LogP contribution is 2.16.